The van der Waals surface area contributed by atoms with Gasteiger partial charge in [0.25, 0.3) is 5.91 Å². The number of pyridine rings is 1. The highest BCUT2D eigenvalue weighted by molar-refractivity contribution is 6.03. The second kappa shape index (κ2) is 11.1. The van der Waals surface area contributed by atoms with Crippen molar-refractivity contribution in [3.8, 4) is 11.8 Å². The number of aromatic nitrogens is 1. The van der Waals surface area contributed by atoms with Crippen LogP contribution in [0, 0.1) is 23.2 Å². The summed E-state index contributed by atoms with van der Waals surface area (Å²) in [5.41, 5.74) is 4.70. The Labute approximate surface area is 228 Å². The zero-order valence-electron chi connectivity index (χ0n) is 22.3. The Kier molecular flexibility index (Phi) is 7.47. The van der Waals surface area contributed by atoms with E-state index in [4.69, 9.17) is 14.5 Å². The number of amides is 1. The number of ketones is 1. The van der Waals surface area contributed by atoms with Gasteiger partial charge in [0.1, 0.15) is 35.1 Å². The van der Waals surface area contributed by atoms with Crippen LogP contribution in [0.4, 0.5) is 5.82 Å². The molecule has 5 rings (SSSR count). The Morgan fingerprint density at radius 1 is 1.13 bits per heavy atom. The first-order valence-corrected chi connectivity index (χ1v) is 13.2. The average Bonchev–Trinajstić information content (AvgIpc) is 2.94. The van der Waals surface area contributed by atoms with Crippen LogP contribution in [0.3, 0.4) is 0 Å². The molecular weight excluding hydrogens is 490 g/mol. The number of fused-ring (bicyclic) bond motifs is 1. The van der Waals surface area contributed by atoms with Crippen molar-refractivity contribution in [1.29, 1.82) is 5.26 Å². The van der Waals surface area contributed by atoms with E-state index in [1.54, 1.807) is 49.4 Å². The van der Waals surface area contributed by atoms with Crippen molar-refractivity contribution in [2.75, 3.05) is 11.9 Å². The molecule has 4 atom stereocenters. The summed E-state index contributed by atoms with van der Waals surface area (Å²) in [6.45, 7) is 6.25. The van der Waals surface area contributed by atoms with Gasteiger partial charge in [-0.1, -0.05) is 35.4 Å². The van der Waals surface area contributed by atoms with Crippen LogP contribution in [0.5, 0.6) is 5.75 Å². The van der Waals surface area contributed by atoms with Crippen molar-refractivity contribution in [2.24, 2.45) is 11.8 Å². The molecule has 0 saturated carbocycles. The number of hydrogen-bond donors (Lipinski definition) is 1. The highest BCUT2D eigenvalue weighted by atomic mass is 16.5. The zero-order chi connectivity index (χ0) is 27.5. The van der Waals surface area contributed by atoms with E-state index < -0.39 is 12.0 Å². The van der Waals surface area contributed by atoms with Gasteiger partial charge in [-0.15, -0.1) is 0 Å². The van der Waals surface area contributed by atoms with Crippen molar-refractivity contribution in [1.82, 2.24) is 4.98 Å². The molecule has 3 unspecified atom stereocenters. The number of nitriles is 1. The predicted octanol–water partition coefficient (Wildman–Crippen LogP) is 6.05. The number of carbonyl (C=O) groups is 2. The molecule has 1 aliphatic heterocycles. The minimum absolute atomic E-state index is 0.0653. The Balaban J connectivity index is 1.26. The van der Waals surface area contributed by atoms with Gasteiger partial charge in [-0.25, -0.2) is 4.98 Å². The number of anilines is 1. The van der Waals surface area contributed by atoms with Crippen LogP contribution in [0.25, 0.3) is 0 Å². The normalized spacial score (nSPS) is 23.9. The predicted molar refractivity (Wildman–Crippen MR) is 148 cm³/mol. The molecular formula is C32H31N3O4. The second-order valence-corrected chi connectivity index (χ2v) is 10.2. The molecule has 1 aromatic carbocycles. The monoisotopic (exact) mass is 521 g/mol. The van der Waals surface area contributed by atoms with Gasteiger partial charge >= 0.3 is 0 Å². The van der Waals surface area contributed by atoms with Gasteiger partial charge in [0.15, 0.2) is 0 Å². The van der Waals surface area contributed by atoms with Gasteiger partial charge < -0.3 is 14.8 Å². The van der Waals surface area contributed by atoms with Gasteiger partial charge in [0.2, 0.25) is 0 Å². The van der Waals surface area contributed by atoms with E-state index in [1.165, 1.54) is 11.1 Å². The van der Waals surface area contributed by atoms with Gasteiger partial charge in [-0.3, -0.25) is 9.59 Å². The molecule has 7 nitrogen and oxygen atoms in total. The van der Waals surface area contributed by atoms with E-state index >= 15 is 0 Å². The molecule has 198 valence electrons. The van der Waals surface area contributed by atoms with Crippen LogP contribution in [0.1, 0.15) is 55.6 Å². The minimum Gasteiger partial charge on any atom is -0.493 e. The third kappa shape index (κ3) is 5.56. The third-order valence-corrected chi connectivity index (χ3v) is 7.63. The molecule has 0 radical (unpaired) electrons. The number of carbonyl (C=O) groups excluding carboxylic acids is 2. The lowest BCUT2D eigenvalue weighted by molar-refractivity contribution is -0.120. The SMILES string of the molecule is CC(=O)C1CCOC2=CC(Oc3ccc(C(=O)Nc4cccc([C@@H]5CC=CC(C)=C5C)n4)cc3)C(C#N)C=C21. The molecule has 1 aromatic heterocycles. The minimum atomic E-state index is -0.568. The second-order valence-electron chi connectivity index (χ2n) is 10.2. The number of nitrogens with zero attached hydrogens (tertiary/aromatic N) is 2. The molecule has 0 spiro atoms. The number of rotatable bonds is 6. The lowest BCUT2D eigenvalue weighted by Gasteiger charge is -2.32. The molecule has 1 amide bonds. The van der Waals surface area contributed by atoms with Crippen LogP contribution < -0.4 is 10.1 Å². The number of Topliss-reactive ketones (excluding diaryl/α,β-unsaturated/α-hetero) is 1. The molecule has 3 aliphatic rings. The summed E-state index contributed by atoms with van der Waals surface area (Å²) in [6.07, 6.45) is 8.79. The number of nitrogens with one attached hydrogen (secondary N) is 1. The standard InChI is InChI=1S/C32H31N3O4/c1-19-6-4-7-25(20(19)2)28-8-5-9-31(34-28)35-32(37)22-10-12-24(13-11-22)39-29-17-30-27(16-23(29)18-33)26(21(3)36)14-15-38-30/h4-6,8-13,16-17,23,25-26,29H,7,14-15H2,1-3H3,(H,34,35,37)/t23?,25-,26?,29?/m1/s1. The van der Waals surface area contributed by atoms with Crippen molar-refractivity contribution in [2.45, 2.75) is 45.6 Å². The van der Waals surface area contributed by atoms with Gasteiger partial charge in [0, 0.05) is 23.0 Å². The summed E-state index contributed by atoms with van der Waals surface area (Å²) in [5.74, 6) is 0.813. The van der Waals surface area contributed by atoms with E-state index in [1.807, 2.05) is 12.1 Å². The lowest BCUT2D eigenvalue weighted by atomic mass is 9.82. The summed E-state index contributed by atoms with van der Waals surface area (Å²) in [4.78, 5) is 29.7. The van der Waals surface area contributed by atoms with Crippen molar-refractivity contribution in [3.63, 3.8) is 0 Å². The van der Waals surface area contributed by atoms with E-state index in [2.05, 4.69) is 37.4 Å². The maximum Gasteiger partial charge on any atom is 0.256 e. The fourth-order valence-corrected chi connectivity index (χ4v) is 5.27. The Hall–Kier alpha value is -4.44. The highest BCUT2D eigenvalue weighted by Gasteiger charge is 2.35. The van der Waals surface area contributed by atoms with Crippen LogP contribution in [-0.4, -0.2) is 29.4 Å². The number of benzene rings is 1. The Morgan fingerprint density at radius 2 is 1.92 bits per heavy atom. The summed E-state index contributed by atoms with van der Waals surface area (Å²) in [6, 6.07) is 14.7. The average molecular weight is 522 g/mol. The molecule has 39 heavy (non-hydrogen) atoms. The van der Waals surface area contributed by atoms with Crippen molar-refractivity contribution < 1.29 is 19.1 Å². The van der Waals surface area contributed by atoms with E-state index in [0.29, 0.717) is 35.9 Å². The van der Waals surface area contributed by atoms with E-state index in [-0.39, 0.29) is 23.5 Å². The first kappa shape index (κ1) is 26.2. The molecule has 1 saturated heterocycles. The molecule has 1 fully saturated rings. The van der Waals surface area contributed by atoms with Crippen molar-refractivity contribution in [3.05, 3.63) is 101 Å². The Morgan fingerprint density at radius 3 is 2.67 bits per heavy atom. The van der Waals surface area contributed by atoms with Gasteiger partial charge in [0.05, 0.1) is 18.4 Å². The maximum atomic E-state index is 12.9. The summed E-state index contributed by atoms with van der Waals surface area (Å²) >= 11 is 0. The lowest BCUT2D eigenvalue weighted by Crippen LogP contribution is -2.32. The molecule has 0 bridgehead atoms. The Bertz CT molecular complexity index is 1460. The summed E-state index contributed by atoms with van der Waals surface area (Å²) < 4.78 is 11.9. The smallest absolute Gasteiger partial charge is 0.256 e. The first-order valence-electron chi connectivity index (χ1n) is 13.2. The van der Waals surface area contributed by atoms with Crippen LogP contribution >= 0.6 is 0 Å². The third-order valence-electron chi connectivity index (χ3n) is 7.63. The number of hydrogen-bond acceptors (Lipinski definition) is 6. The van der Waals surface area contributed by atoms with E-state index in [0.717, 1.165) is 17.7 Å². The van der Waals surface area contributed by atoms with Crippen LogP contribution in [-0.2, 0) is 9.53 Å². The topological polar surface area (TPSA) is 101 Å². The summed E-state index contributed by atoms with van der Waals surface area (Å²) in [5, 5.41) is 12.6. The van der Waals surface area contributed by atoms with Crippen LogP contribution in [0.2, 0.25) is 0 Å². The maximum absolute atomic E-state index is 12.9. The van der Waals surface area contributed by atoms with E-state index in [9.17, 15) is 14.9 Å². The highest BCUT2D eigenvalue weighted by Crippen LogP contribution is 2.37. The molecule has 7 heteroatoms. The number of allylic oxidation sites excluding steroid dienone is 5. The molecule has 2 aliphatic carbocycles. The largest absolute Gasteiger partial charge is 0.493 e. The van der Waals surface area contributed by atoms with Gasteiger partial charge in [-0.05, 0) is 76.1 Å². The molecule has 1 N–H and O–H groups in total. The van der Waals surface area contributed by atoms with Crippen LogP contribution in [0.15, 0.2) is 89.2 Å². The zero-order valence-corrected chi connectivity index (χ0v) is 22.3. The van der Waals surface area contributed by atoms with Gasteiger partial charge in [-0.2, -0.15) is 5.26 Å². The first-order chi connectivity index (χ1) is 18.8. The quantitative estimate of drug-likeness (QED) is 0.497. The molecule has 2 aromatic rings. The fraction of sp³-hybridized carbons (Fsp3) is 0.312. The fourth-order valence-electron chi connectivity index (χ4n) is 5.27. The molecule has 2 heterocycles. The summed E-state index contributed by atoms with van der Waals surface area (Å²) in [7, 11) is 0. The number of ether oxygens (including phenoxy) is 2. The van der Waals surface area contributed by atoms with Crippen molar-refractivity contribution >= 4 is 17.5 Å².